The monoisotopic (exact) mass is 497 g/mol. The fraction of sp³-hybridized carbons (Fsp3) is 0.125. The van der Waals surface area contributed by atoms with E-state index < -0.39 is 21.7 Å². The number of benzene rings is 2. The molecule has 0 aliphatic heterocycles. The van der Waals surface area contributed by atoms with E-state index in [2.05, 4.69) is 31.9 Å². The summed E-state index contributed by atoms with van der Waals surface area (Å²) >= 11 is 26.4. The number of para-hydroxylation sites is 1. The average molecular weight is 500 g/mol. The van der Waals surface area contributed by atoms with Crippen molar-refractivity contribution in [3.05, 3.63) is 64.4 Å². The van der Waals surface area contributed by atoms with Crippen molar-refractivity contribution in [1.29, 1.82) is 0 Å². The highest BCUT2D eigenvalue weighted by atomic mass is 79.9. The van der Waals surface area contributed by atoms with Gasteiger partial charge in [0, 0.05) is 10.0 Å². The molecule has 2 rings (SSSR count). The highest BCUT2D eigenvalue weighted by Crippen LogP contribution is 2.29. The summed E-state index contributed by atoms with van der Waals surface area (Å²) in [5, 5.41) is 8.32. The summed E-state index contributed by atoms with van der Waals surface area (Å²) in [7, 11) is 0. The van der Waals surface area contributed by atoms with Crippen LogP contribution in [0.15, 0.2) is 53.0 Å². The largest absolute Gasteiger partial charge is 0.339 e. The van der Waals surface area contributed by atoms with Crippen molar-refractivity contribution >= 4 is 79.7 Å². The predicted molar refractivity (Wildman–Crippen MR) is 111 cm³/mol. The van der Waals surface area contributed by atoms with Crippen molar-refractivity contribution in [3.63, 3.8) is 0 Å². The number of alkyl halides is 3. The smallest absolute Gasteiger partial charge is 0.252 e. The molecule has 0 heterocycles. The zero-order chi connectivity index (χ0) is 19.3. The molecule has 0 aromatic heterocycles. The van der Waals surface area contributed by atoms with Gasteiger partial charge in [-0.1, -0.05) is 46.9 Å². The summed E-state index contributed by atoms with van der Waals surface area (Å²) < 4.78 is 11.9. The Morgan fingerprint density at radius 1 is 1.08 bits per heavy atom. The van der Waals surface area contributed by atoms with Gasteiger partial charge in [0.25, 0.3) is 5.91 Å². The second-order valence-corrected chi connectivity index (χ2v) is 8.66. The minimum absolute atomic E-state index is 0.132. The maximum absolute atomic E-state index is 13.0. The van der Waals surface area contributed by atoms with Crippen LogP contribution in [0.25, 0.3) is 0 Å². The molecule has 1 atom stereocenters. The van der Waals surface area contributed by atoms with E-state index in [1.165, 1.54) is 12.1 Å². The topological polar surface area (TPSA) is 53.2 Å². The lowest BCUT2D eigenvalue weighted by molar-refractivity contribution is 0.0934. The lowest BCUT2D eigenvalue weighted by atomic mass is 10.2. The lowest BCUT2D eigenvalue weighted by Crippen LogP contribution is -2.56. The van der Waals surface area contributed by atoms with Gasteiger partial charge in [0.2, 0.25) is 3.79 Å². The summed E-state index contributed by atoms with van der Waals surface area (Å²) in [5.41, 5.74) is 0.898. The molecule has 0 aliphatic carbocycles. The summed E-state index contributed by atoms with van der Waals surface area (Å²) in [6.45, 7) is 0. The molecule has 0 fully saturated rings. The maximum atomic E-state index is 13.0. The van der Waals surface area contributed by atoms with Crippen LogP contribution in [-0.4, -0.2) is 21.0 Å². The Balaban J connectivity index is 2.07. The summed E-state index contributed by atoms with van der Waals surface area (Å²) in [6.07, 6.45) is -1.13. The Kier molecular flexibility index (Phi) is 7.49. The van der Waals surface area contributed by atoms with Gasteiger partial charge in [0.15, 0.2) is 5.11 Å². The first-order valence-electron chi connectivity index (χ1n) is 7.12. The molecule has 0 bridgehead atoms. The number of nitrogens with one attached hydrogen (secondary N) is 3. The van der Waals surface area contributed by atoms with Gasteiger partial charge in [-0.3, -0.25) is 4.79 Å². The molecule has 0 saturated carbocycles. The number of amides is 1. The van der Waals surface area contributed by atoms with Crippen LogP contribution in [0.2, 0.25) is 0 Å². The molecule has 0 spiro atoms. The van der Waals surface area contributed by atoms with E-state index in [1.807, 2.05) is 18.2 Å². The fourth-order valence-electron chi connectivity index (χ4n) is 1.87. The molecule has 1 unspecified atom stereocenters. The van der Waals surface area contributed by atoms with Crippen LogP contribution in [0.5, 0.6) is 0 Å². The molecule has 0 radical (unpaired) electrons. The van der Waals surface area contributed by atoms with Crippen LogP contribution in [-0.2, 0) is 0 Å². The number of halogens is 5. The van der Waals surface area contributed by atoms with Gasteiger partial charge in [-0.25, -0.2) is 4.39 Å². The Labute approximate surface area is 178 Å². The summed E-state index contributed by atoms with van der Waals surface area (Å²) in [4.78, 5) is 12.3. The molecule has 138 valence electrons. The third-order valence-corrected chi connectivity index (χ3v) is 4.67. The van der Waals surface area contributed by atoms with Crippen molar-refractivity contribution in [1.82, 2.24) is 10.6 Å². The Morgan fingerprint density at radius 2 is 1.69 bits per heavy atom. The van der Waals surface area contributed by atoms with Crippen LogP contribution >= 0.6 is 63.0 Å². The van der Waals surface area contributed by atoms with Crippen LogP contribution in [0, 0.1) is 5.82 Å². The van der Waals surface area contributed by atoms with Gasteiger partial charge < -0.3 is 16.0 Å². The molecule has 2 aromatic rings. The first kappa shape index (κ1) is 21.2. The van der Waals surface area contributed by atoms with Gasteiger partial charge in [-0.2, -0.15) is 0 Å². The lowest BCUT2D eigenvalue weighted by Gasteiger charge is -2.28. The first-order chi connectivity index (χ1) is 12.2. The predicted octanol–water partition coefficient (Wildman–Crippen LogP) is 5.00. The van der Waals surface area contributed by atoms with E-state index in [0.29, 0.717) is 5.69 Å². The van der Waals surface area contributed by atoms with Crippen molar-refractivity contribution in [2.45, 2.75) is 9.96 Å². The van der Waals surface area contributed by atoms with E-state index in [4.69, 9.17) is 47.0 Å². The molecular weight excluding hydrogens is 488 g/mol. The number of carbonyl (C=O) groups is 1. The Bertz CT molecular complexity index is 802. The second kappa shape index (κ2) is 9.19. The van der Waals surface area contributed by atoms with Gasteiger partial charge in [-0.15, -0.1) is 0 Å². The second-order valence-electron chi connectivity index (χ2n) is 5.03. The SMILES string of the molecule is O=C(NC(NC(=S)Nc1ccccc1Br)C(Cl)(Cl)Cl)c1ccc(F)cc1. The first-order valence-corrected chi connectivity index (χ1v) is 9.45. The van der Waals surface area contributed by atoms with E-state index in [1.54, 1.807) is 6.07 Å². The molecule has 4 nitrogen and oxygen atoms in total. The molecule has 0 aliphatic rings. The van der Waals surface area contributed by atoms with E-state index >= 15 is 0 Å². The third-order valence-electron chi connectivity index (χ3n) is 3.11. The van der Waals surface area contributed by atoms with Gasteiger partial charge >= 0.3 is 0 Å². The molecule has 3 N–H and O–H groups in total. The summed E-state index contributed by atoms with van der Waals surface area (Å²) in [5.74, 6) is -1.02. The Hall–Kier alpha value is -1.12. The highest BCUT2D eigenvalue weighted by Gasteiger charge is 2.35. The highest BCUT2D eigenvalue weighted by molar-refractivity contribution is 9.10. The number of rotatable bonds is 4. The van der Waals surface area contributed by atoms with E-state index in [0.717, 1.165) is 16.6 Å². The third kappa shape index (κ3) is 6.25. The Morgan fingerprint density at radius 3 is 2.27 bits per heavy atom. The molecular formula is C16H12BrCl3FN3OS. The zero-order valence-corrected chi connectivity index (χ0v) is 17.6. The molecule has 2 aromatic carbocycles. The molecule has 26 heavy (non-hydrogen) atoms. The van der Waals surface area contributed by atoms with Crippen LogP contribution < -0.4 is 16.0 Å². The number of hydrogen-bond acceptors (Lipinski definition) is 2. The maximum Gasteiger partial charge on any atom is 0.252 e. The van der Waals surface area contributed by atoms with Crippen LogP contribution in [0.1, 0.15) is 10.4 Å². The number of anilines is 1. The fourth-order valence-corrected chi connectivity index (χ4v) is 2.81. The zero-order valence-electron chi connectivity index (χ0n) is 12.9. The van der Waals surface area contributed by atoms with Crippen molar-refractivity contribution in [3.8, 4) is 0 Å². The van der Waals surface area contributed by atoms with Gasteiger partial charge in [-0.05, 0) is 64.5 Å². The van der Waals surface area contributed by atoms with Crippen molar-refractivity contribution in [2.24, 2.45) is 0 Å². The molecule has 1 amide bonds. The normalized spacial score (nSPS) is 12.2. The molecule has 10 heteroatoms. The van der Waals surface area contributed by atoms with Crippen LogP contribution in [0.3, 0.4) is 0 Å². The minimum Gasteiger partial charge on any atom is -0.339 e. The minimum atomic E-state index is -1.89. The number of hydrogen-bond donors (Lipinski definition) is 3. The van der Waals surface area contributed by atoms with Gasteiger partial charge in [0.1, 0.15) is 12.0 Å². The van der Waals surface area contributed by atoms with Crippen molar-refractivity contribution < 1.29 is 9.18 Å². The number of thiocarbonyl (C=S) groups is 1. The van der Waals surface area contributed by atoms with Crippen LogP contribution in [0.4, 0.5) is 10.1 Å². The van der Waals surface area contributed by atoms with Crippen molar-refractivity contribution in [2.75, 3.05) is 5.32 Å². The van der Waals surface area contributed by atoms with Gasteiger partial charge in [0.05, 0.1) is 5.69 Å². The number of carbonyl (C=O) groups excluding carboxylic acids is 1. The van der Waals surface area contributed by atoms with E-state index in [-0.39, 0.29) is 10.7 Å². The average Bonchev–Trinajstić information content (AvgIpc) is 2.56. The summed E-state index contributed by atoms with van der Waals surface area (Å²) in [6, 6.07) is 12.2. The van der Waals surface area contributed by atoms with E-state index in [9.17, 15) is 9.18 Å². The quantitative estimate of drug-likeness (QED) is 0.315. The molecule has 0 saturated heterocycles. The standard InChI is InChI=1S/C16H12BrCl3FN3OS/c17-11-3-1-2-4-12(11)22-15(26)24-14(16(18,19)20)23-13(25)9-5-7-10(21)8-6-9/h1-8,14H,(H,23,25)(H2,22,24,26).